The first-order valence-electron chi connectivity index (χ1n) is 9.62. The van der Waals surface area contributed by atoms with Crippen molar-refractivity contribution in [3.8, 4) is 0 Å². The highest BCUT2D eigenvalue weighted by atomic mass is 35.5. The Balaban J connectivity index is 1.86. The monoisotopic (exact) mass is 443 g/mol. The molecular weight excluding hydrogens is 421 g/mol. The molecule has 0 aliphatic carbocycles. The predicted octanol–water partition coefficient (Wildman–Crippen LogP) is 4.76. The summed E-state index contributed by atoms with van der Waals surface area (Å²) in [5, 5.41) is 6.56. The van der Waals surface area contributed by atoms with Gasteiger partial charge in [0.2, 0.25) is 5.95 Å². The number of nitrogens with one attached hydrogen (secondary N) is 2. The van der Waals surface area contributed by atoms with Gasteiger partial charge in [0.05, 0.1) is 12.3 Å². The van der Waals surface area contributed by atoms with Crippen molar-refractivity contribution in [2.75, 3.05) is 23.9 Å². The number of hydrogen-bond acceptors (Lipinski definition) is 5. The molecule has 31 heavy (non-hydrogen) atoms. The number of methoxy groups -OCH3 is 1. The zero-order valence-corrected chi connectivity index (χ0v) is 17.9. The minimum Gasteiger partial charge on any atom is -0.383 e. The molecular formula is C22H23ClFN5O2. The molecule has 0 saturated heterocycles. The first kappa shape index (κ1) is 22.5. The smallest absolute Gasteiger partial charge is 0.327 e. The van der Waals surface area contributed by atoms with Crippen molar-refractivity contribution >= 4 is 35.1 Å². The number of amides is 2. The maximum Gasteiger partial charge on any atom is 0.327 e. The third-order valence-electron chi connectivity index (χ3n) is 4.28. The third-order valence-corrected chi connectivity index (χ3v) is 4.52. The van der Waals surface area contributed by atoms with Crippen LogP contribution in [0.1, 0.15) is 12.5 Å². The van der Waals surface area contributed by atoms with Crippen LogP contribution >= 0.6 is 11.6 Å². The minimum absolute atomic E-state index is 0.0313. The molecule has 0 bridgehead atoms. The fraction of sp³-hybridized carbons (Fsp3) is 0.227. The van der Waals surface area contributed by atoms with Crippen molar-refractivity contribution in [3.05, 3.63) is 77.2 Å². The zero-order valence-electron chi connectivity index (χ0n) is 17.2. The second-order valence-corrected chi connectivity index (χ2v) is 7.28. The Kier molecular flexibility index (Phi) is 7.75. The van der Waals surface area contributed by atoms with Crippen LogP contribution in [0.4, 0.5) is 26.6 Å². The van der Waals surface area contributed by atoms with Crippen LogP contribution in [-0.2, 0) is 11.3 Å². The van der Waals surface area contributed by atoms with Crippen LogP contribution in [0, 0.1) is 5.82 Å². The average molecular weight is 444 g/mol. The lowest BCUT2D eigenvalue weighted by Gasteiger charge is -2.23. The highest BCUT2D eigenvalue weighted by Crippen LogP contribution is 2.25. The largest absolute Gasteiger partial charge is 0.383 e. The van der Waals surface area contributed by atoms with E-state index in [2.05, 4.69) is 20.6 Å². The van der Waals surface area contributed by atoms with Crippen molar-refractivity contribution in [2.24, 2.45) is 0 Å². The molecule has 3 aromatic rings. The summed E-state index contributed by atoms with van der Waals surface area (Å²) in [4.78, 5) is 23.1. The van der Waals surface area contributed by atoms with Gasteiger partial charge in [0, 0.05) is 37.0 Å². The van der Waals surface area contributed by atoms with Crippen molar-refractivity contribution in [3.63, 3.8) is 0 Å². The van der Waals surface area contributed by atoms with Crippen molar-refractivity contribution in [2.45, 2.75) is 19.5 Å². The molecule has 1 atom stereocenters. The van der Waals surface area contributed by atoms with E-state index in [1.165, 1.54) is 29.2 Å². The summed E-state index contributed by atoms with van der Waals surface area (Å²) in [6.45, 7) is 2.66. The number of ether oxygens (including phenoxy) is 1. The second-order valence-electron chi connectivity index (χ2n) is 6.84. The summed E-state index contributed by atoms with van der Waals surface area (Å²) in [5.74, 6) is 0.274. The highest BCUT2D eigenvalue weighted by Gasteiger charge is 2.20. The van der Waals surface area contributed by atoms with Gasteiger partial charge >= 0.3 is 6.03 Å². The molecule has 0 aliphatic rings. The normalized spacial score (nSPS) is 11.6. The van der Waals surface area contributed by atoms with Crippen molar-refractivity contribution < 1.29 is 13.9 Å². The van der Waals surface area contributed by atoms with Gasteiger partial charge in [0.1, 0.15) is 11.6 Å². The minimum atomic E-state index is -0.429. The maximum absolute atomic E-state index is 13.5. The Labute approximate surface area is 185 Å². The molecule has 2 aromatic carbocycles. The Bertz CT molecular complexity index is 1020. The van der Waals surface area contributed by atoms with Gasteiger partial charge < -0.3 is 15.4 Å². The van der Waals surface area contributed by atoms with E-state index in [0.29, 0.717) is 29.1 Å². The van der Waals surface area contributed by atoms with Crippen molar-refractivity contribution in [1.82, 2.24) is 15.3 Å². The Morgan fingerprint density at radius 2 is 2.00 bits per heavy atom. The van der Waals surface area contributed by atoms with E-state index in [0.717, 1.165) is 5.56 Å². The fourth-order valence-electron chi connectivity index (χ4n) is 2.90. The summed E-state index contributed by atoms with van der Waals surface area (Å²) in [7, 11) is 1.61. The predicted molar refractivity (Wildman–Crippen MR) is 119 cm³/mol. The van der Waals surface area contributed by atoms with E-state index >= 15 is 0 Å². The van der Waals surface area contributed by atoms with Gasteiger partial charge in [-0.3, -0.25) is 0 Å². The molecule has 0 fully saturated rings. The SMILES string of the molecule is COC[C@H](C)Nc1nccc(N(C(=O)NCc2cccc(Cl)c2)c2ccc(F)cc2)n1. The summed E-state index contributed by atoms with van der Waals surface area (Å²) >= 11 is 6.02. The molecule has 2 N–H and O–H groups in total. The molecule has 0 aliphatic heterocycles. The highest BCUT2D eigenvalue weighted by molar-refractivity contribution is 6.30. The quantitative estimate of drug-likeness (QED) is 0.524. The first-order chi connectivity index (χ1) is 15.0. The lowest BCUT2D eigenvalue weighted by molar-refractivity contribution is 0.190. The molecule has 0 radical (unpaired) electrons. The summed E-state index contributed by atoms with van der Waals surface area (Å²) in [6.07, 6.45) is 1.55. The van der Waals surface area contributed by atoms with Gasteiger partial charge in [-0.2, -0.15) is 4.98 Å². The molecule has 0 saturated carbocycles. The first-order valence-corrected chi connectivity index (χ1v) is 10.0. The summed E-state index contributed by atoms with van der Waals surface area (Å²) < 4.78 is 18.6. The molecule has 1 heterocycles. The number of aromatic nitrogens is 2. The number of urea groups is 1. The van der Waals surface area contributed by atoms with Gasteiger partial charge in [-0.1, -0.05) is 23.7 Å². The number of hydrogen-bond donors (Lipinski definition) is 2. The molecule has 1 aromatic heterocycles. The number of carbonyl (C=O) groups excluding carboxylic acids is 1. The van der Waals surface area contributed by atoms with Crippen LogP contribution in [-0.4, -0.2) is 35.8 Å². The standard InChI is InChI=1S/C22H23ClFN5O2/c1-15(14-31-2)27-21-25-11-10-20(28-21)29(19-8-6-18(24)7-9-19)22(30)26-13-16-4-3-5-17(23)12-16/h3-12,15H,13-14H2,1-2H3,(H,26,30)(H,25,27,28)/t15-/m0/s1. The lowest BCUT2D eigenvalue weighted by atomic mass is 10.2. The number of nitrogens with zero attached hydrogens (tertiary/aromatic N) is 3. The second kappa shape index (κ2) is 10.7. The van der Waals surface area contributed by atoms with E-state index in [1.54, 1.807) is 31.5 Å². The van der Waals surface area contributed by atoms with Crippen LogP contribution in [0.5, 0.6) is 0 Å². The number of rotatable bonds is 8. The fourth-order valence-corrected chi connectivity index (χ4v) is 3.12. The van der Waals surface area contributed by atoms with Gasteiger partial charge in [-0.15, -0.1) is 0 Å². The molecule has 0 unspecified atom stereocenters. The van der Waals surface area contributed by atoms with E-state index in [1.807, 2.05) is 19.1 Å². The Morgan fingerprint density at radius 1 is 1.23 bits per heavy atom. The van der Waals surface area contributed by atoms with Gasteiger partial charge in [-0.05, 0) is 48.9 Å². The van der Waals surface area contributed by atoms with Crippen LogP contribution in [0.15, 0.2) is 60.8 Å². The summed E-state index contributed by atoms with van der Waals surface area (Å²) in [5.41, 5.74) is 1.30. The van der Waals surface area contributed by atoms with Crippen LogP contribution in [0.3, 0.4) is 0 Å². The van der Waals surface area contributed by atoms with Gasteiger partial charge in [-0.25, -0.2) is 19.1 Å². The number of benzene rings is 2. The number of halogens is 2. The van der Waals surface area contributed by atoms with Crippen LogP contribution in [0.2, 0.25) is 5.02 Å². The topological polar surface area (TPSA) is 79.4 Å². The van der Waals surface area contributed by atoms with Gasteiger partial charge in [0.25, 0.3) is 0 Å². The zero-order chi connectivity index (χ0) is 22.2. The van der Waals surface area contributed by atoms with E-state index < -0.39 is 11.8 Å². The van der Waals surface area contributed by atoms with E-state index in [-0.39, 0.29) is 12.6 Å². The van der Waals surface area contributed by atoms with E-state index in [4.69, 9.17) is 16.3 Å². The molecule has 9 heteroatoms. The summed E-state index contributed by atoms with van der Waals surface area (Å²) in [6, 6.07) is 13.9. The van der Waals surface area contributed by atoms with Crippen LogP contribution < -0.4 is 15.5 Å². The molecule has 0 spiro atoms. The molecule has 162 valence electrons. The van der Waals surface area contributed by atoms with Gasteiger partial charge in [0.15, 0.2) is 0 Å². The molecule has 2 amide bonds. The van der Waals surface area contributed by atoms with E-state index in [9.17, 15) is 9.18 Å². The Hall–Kier alpha value is -3.23. The molecule has 3 rings (SSSR count). The maximum atomic E-state index is 13.5. The van der Waals surface area contributed by atoms with Crippen molar-refractivity contribution in [1.29, 1.82) is 0 Å². The average Bonchev–Trinajstić information content (AvgIpc) is 2.74. The third kappa shape index (κ3) is 6.37. The van der Waals surface area contributed by atoms with Crippen LogP contribution in [0.25, 0.3) is 0 Å². The number of carbonyl (C=O) groups is 1. The number of anilines is 3. The Morgan fingerprint density at radius 3 is 2.71 bits per heavy atom. The lowest BCUT2D eigenvalue weighted by Crippen LogP contribution is -2.37. The molecule has 7 nitrogen and oxygen atoms in total.